The van der Waals surface area contributed by atoms with Gasteiger partial charge in [-0.1, -0.05) is 13.8 Å². The smallest absolute Gasteiger partial charge is 0.474 e. The van der Waals surface area contributed by atoms with E-state index in [1.54, 1.807) is 54.5 Å². The first kappa shape index (κ1) is 69.9. The molecule has 9 rings (SSSR count). The normalized spacial score (nSPS) is 14.8. The summed E-state index contributed by atoms with van der Waals surface area (Å²) >= 11 is 9.89. The molecule has 1 saturated heterocycles. The zero-order chi connectivity index (χ0) is 67.7. The number of fused-ring (bicyclic) bond motifs is 2. The van der Waals surface area contributed by atoms with Crippen LogP contribution in [0.1, 0.15) is 128 Å². The van der Waals surface area contributed by atoms with Crippen LogP contribution in [0.5, 0.6) is 11.8 Å². The number of pyridine rings is 2. The fourth-order valence-electron chi connectivity index (χ4n) is 9.26. The van der Waals surface area contributed by atoms with Crippen LogP contribution in [0.2, 0.25) is 0 Å². The number of carbonyl (C=O) groups excluding carboxylic acids is 3. The van der Waals surface area contributed by atoms with E-state index in [9.17, 15) is 50.4 Å². The standard InChI is InChI=1S/C30H28F4N6O5S.C22H27FN4O4.C8H2F3N3S/c1-5-22-37-23-18(24(38-22)43-9-10-44-27(42)45-28(2,3)4)11-16(13-20(23)31)40-26(46)39(25(41)29(40)7-6-8-29)17-12-19(30(32,33)34)21(14-35)36-15-17;1-5-17-25-18-15(11-14(12-16(18)23)27-22(13-24)7-6-8-22)19(26-17)29-9-10-30-20(28)31-21(2,3)4;9-8(10,11)6-1-5(14-4-15)3-13-7(6)2-12/h11-13,15H,5-10H2,1-4H3;11-12,27H,5-10H2,1-4H3;1,3H. The number of ether oxygens (including phenoxy) is 6. The van der Waals surface area contributed by atoms with Crippen LogP contribution in [0, 0.1) is 45.6 Å². The minimum absolute atomic E-state index is 0.00984. The number of anilines is 3. The summed E-state index contributed by atoms with van der Waals surface area (Å²) in [4.78, 5) is 67.4. The highest BCUT2D eigenvalue weighted by molar-refractivity contribution is 7.81. The number of alkyl halides is 6. The molecule has 484 valence electrons. The van der Waals surface area contributed by atoms with Gasteiger partial charge in [-0.2, -0.15) is 57.1 Å². The van der Waals surface area contributed by atoms with Gasteiger partial charge in [0.2, 0.25) is 11.8 Å². The Morgan fingerprint density at radius 1 is 0.674 bits per heavy atom. The van der Waals surface area contributed by atoms with Crippen LogP contribution in [0.4, 0.5) is 67.5 Å². The number of benzene rings is 2. The van der Waals surface area contributed by atoms with E-state index in [1.807, 2.05) is 12.1 Å². The van der Waals surface area contributed by atoms with Gasteiger partial charge in [-0.15, -0.1) is 0 Å². The van der Waals surface area contributed by atoms with E-state index in [0.29, 0.717) is 74.0 Å². The molecule has 6 aromatic rings. The Bertz CT molecular complexity index is 4020. The predicted molar refractivity (Wildman–Crippen MR) is 321 cm³/mol. The molecule has 92 heavy (non-hydrogen) atoms. The van der Waals surface area contributed by atoms with Crippen molar-refractivity contribution in [1.82, 2.24) is 29.9 Å². The minimum Gasteiger partial charge on any atom is -0.474 e. The molecule has 1 spiro atoms. The van der Waals surface area contributed by atoms with Crippen LogP contribution < -0.4 is 24.6 Å². The number of nitrogens with zero attached hydrogens (tertiary/aromatic N) is 12. The second-order valence-corrected chi connectivity index (χ2v) is 23.1. The average molecular weight is 1320 g/mol. The Morgan fingerprint density at radius 3 is 1.60 bits per heavy atom. The summed E-state index contributed by atoms with van der Waals surface area (Å²) in [6.07, 6.45) is -4.82. The van der Waals surface area contributed by atoms with Crippen LogP contribution in [0.3, 0.4) is 0 Å². The maximum absolute atomic E-state index is 15.8. The van der Waals surface area contributed by atoms with Gasteiger partial charge in [0.15, 0.2) is 28.1 Å². The fourth-order valence-corrected chi connectivity index (χ4v) is 9.83. The van der Waals surface area contributed by atoms with Crippen molar-refractivity contribution < 1.29 is 77.9 Å². The summed E-state index contributed by atoms with van der Waals surface area (Å²) in [6, 6.07) is 12.0. The van der Waals surface area contributed by atoms with Gasteiger partial charge in [-0.05, 0) is 141 Å². The van der Waals surface area contributed by atoms with Crippen molar-refractivity contribution in [3.8, 4) is 30.0 Å². The Kier molecular flexibility index (Phi) is 21.5. The van der Waals surface area contributed by atoms with Gasteiger partial charge >= 0.3 is 24.7 Å². The first-order chi connectivity index (χ1) is 43.2. The van der Waals surface area contributed by atoms with Crippen LogP contribution in [0.15, 0.2) is 53.8 Å². The third kappa shape index (κ3) is 16.5. The first-order valence-corrected chi connectivity index (χ1v) is 28.9. The number of nitriles is 3. The highest BCUT2D eigenvalue weighted by Crippen LogP contribution is 2.49. The number of isothiocyanates is 1. The van der Waals surface area contributed by atoms with E-state index in [1.165, 1.54) is 29.2 Å². The van der Waals surface area contributed by atoms with E-state index in [2.05, 4.69) is 58.5 Å². The summed E-state index contributed by atoms with van der Waals surface area (Å²) in [5.41, 5.74) is -7.05. The molecular formula is C60H57F8N13O9S2. The second kappa shape index (κ2) is 28.3. The van der Waals surface area contributed by atoms with Crippen molar-refractivity contribution in [3.05, 3.63) is 94.6 Å². The number of hydrogen-bond acceptors (Lipinski definition) is 22. The van der Waals surface area contributed by atoms with Crippen molar-refractivity contribution in [1.29, 1.82) is 15.8 Å². The van der Waals surface area contributed by atoms with Crippen molar-refractivity contribution >= 4 is 97.5 Å². The molecule has 1 N–H and O–H groups in total. The molecule has 5 heterocycles. The van der Waals surface area contributed by atoms with Crippen LogP contribution >= 0.6 is 24.4 Å². The molecule has 22 nitrogen and oxygen atoms in total. The molecule has 0 atom stereocenters. The van der Waals surface area contributed by atoms with Gasteiger partial charge in [0.25, 0.3) is 5.91 Å². The third-order valence-corrected chi connectivity index (χ3v) is 14.1. The molecule has 0 unspecified atom stereocenters. The fraction of sp³-hybridized carbons (Fsp3) is 0.433. The maximum atomic E-state index is 15.8. The van der Waals surface area contributed by atoms with Gasteiger partial charge in [0.1, 0.15) is 83.5 Å². The quantitative estimate of drug-likeness (QED) is 0.0328. The highest BCUT2D eigenvalue weighted by Gasteiger charge is 2.60. The number of halogens is 8. The number of carbonyl (C=O) groups is 3. The number of thiocarbonyl (C=S) groups is 2. The van der Waals surface area contributed by atoms with E-state index >= 15 is 4.39 Å². The number of amides is 1. The van der Waals surface area contributed by atoms with Crippen molar-refractivity contribution in [2.75, 3.05) is 41.5 Å². The average Bonchev–Trinajstić information content (AvgIpc) is 1.54. The van der Waals surface area contributed by atoms with Gasteiger partial charge in [0.05, 0.1) is 56.9 Å². The van der Waals surface area contributed by atoms with Gasteiger partial charge in [-0.3, -0.25) is 9.69 Å². The van der Waals surface area contributed by atoms with Crippen LogP contribution in [-0.2, 0) is 48.9 Å². The molecule has 2 aromatic carbocycles. The molecule has 0 bridgehead atoms. The molecule has 1 aliphatic heterocycles. The van der Waals surface area contributed by atoms with Gasteiger partial charge in [-0.25, -0.2) is 38.3 Å². The van der Waals surface area contributed by atoms with Crippen LogP contribution in [0.25, 0.3) is 21.8 Å². The lowest BCUT2D eigenvalue weighted by atomic mass is 9.75. The van der Waals surface area contributed by atoms with E-state index in [-0.39, 0.29) is 82.6 Å². The topological polar surface area (TPSA) is 286 Å². The lowest BCUT2D eigenvalue weighted by Crippen LogP contribution is -2.55. The number of hydrogen-bond donors (Lipinski definition) is 1. The molecule has 1 amide bonds. The van der Waals surface area contributed by atoms with E-state index < -0.39 is 87.0 Å². The summed E-state index contributed by atoms with van der Waals surface area (Å²) in [6.45, 7) is 13.5. The number of rotatable bonds is 15. The Hall–Kier alpha value is -9.57. The van der Waals surface area contributed by atoms with Crippen LogP contribution in [-0.4, -0.2) is 107 Å². The van der Waals surface area contributed by atoms with Crippen molar-refractivity contribution in [2.24, 2.45) is 4.99 Å². The Morgan fingerprint density at radius 2 is 1.16 bits per heavy atom. The third-order valence-electron chi connectivity index (χ3n) is 13.7. The summed E-state index contributed by atoms with van der Waals surface area (Å²) in [5.74, 6) is -1.01. The number of aliphatic imine (C=N–C) groups is 1. The van der Waals surface area contributed by atoms with E-state index in [0.717, 1.165) is 29.8 Å². The summed E-state index contributed by atoms with van der Waals surface area (Å²) in [5, 5.41) is 32.4. The lowest BCUT2D eigenvalue weighted by molar-refractivity contribution is -0.138. The monoisotopic (exact) mass is 1320 g/mol. The first-order valence-electron chi connectivity index (χ1n) is 28.1. The molecule has 0 radical (unpaired) electrons. The van der Waals surface area contributed by atoms with E-state index in [4.69, 9.17) is 51.2 Å². The Balaban J connectivity index is 0.000000223. The SMILES string of the molecule is CCc1nc(OCCOC(=O)OC(C)(C)C)c2cc(N3C(=S)N(c4cnc(C#N)c(C(F)(F)F)c4)C(=O)C34CCC4)cc(F)c2n1.CCc1nc(OCCOC(=O)OC(C)(C)C)c2cc(NC3(C#N)CCC3)cc(F)c2n1.N#Cc1ncc(N=C=S)cc1C(F)(F)F. The number of aromatic nitrogens is 6. The van der Waals surface area contributed by atoms with Crippen molar-refractivity contribution in [2.45, 2.75) is 141 Å². The minimum atomic E-state index is -4.92. The second-order valence-electron chi connectivity index (χ2n) is 22.5. The molecule has 3 fully saturated rings. The summed E-state index contributed by atoms with van der Waals surface area (Å²) < 4.78 is 141. The predicted octanol–water partition coefficient (Wildman–Crippen LogP) is 13.2. The molecule has 4 aromatic heterocycles. The molecular weight excluding hydrogens is 1260 g/mol. The molecule has 2 aliphatic carbocycles. The largest absolute Gasteiger partial charge is 0.508 e. The molecule has 3 aliphatic rings. The zero-order valence-electron chi connectivity index (χ0n) is 50.5. The Labute approximate surface area is 531 Å². The summed E-state index contributed by atoms with van der Waals surface area (Å²) in [7, 11) is 0. The van der Waals surface area contributed by atoms with Gasteiger partial charge < -0.3 is 38.6 Å². The maximum Gasteiger partial charge on any atom is 0.508 e. The lowest BCUT2D eigenvalue weighted by Gasteiger charge is -2.43. The number of aryl methyl sites for hydroxylation is 2. The zero-order valence-corrected chi connectivity index (χ0v) is 52.1. The van der Waals surface area contributed by atoms with Crippen molar-refractivity contribution in [3.63, 3.8) is 0 Å². The highest BCUT2D eigenvalue weighted by atomic mass is 32.1. The van der Waals surface area contributed by atoms with Gasteiger partial charge in [0, 0.05) is 24.2 Å². The molecule has 32 heteroatoms. The number of nitrogens with one attached hydrogen (secondary N) is 1. The molecule has 2 saturated carbocycles.